The van der Waals surface area contributed by atoms with Crippen LogP contribution in [0.25, 0.3) is 0 Å². The number of hydrogen-bond acceptors (Lipinski definition) is 1. The molecule has 21 heavy (non-hydrogen) atoms. The van der Waals surface area contributed by atoms with E-state index in [2.05, 4.69) is 36.6 Å². The molecule has 116 valence electrons. The third-order valence-corrected chi connectivity index (χ3v) is 4.66. The fourth-order valence-corrected chi connectivity index (χ4v) is 3.33. The van der Waals surface area contributed by atoms with Crippen molar-refractivity contribution in [2.24, 2.45) is 5.92 Å². The molecule has 3 nitrogen and oxygen atoms in total. The van der Waals surface area contributed by atoms with Crippen molar-refractivity contribution in [2.75, 3.05) is 0 Å². The first-order chi connectivity index (χ1) is 10.2. The molecule has 1 saturated carbocycles. The molecule has 0 radical (unpaired) electrons. The standard InChI is InChI=1S/C18H28N2O/c1-3-14(4-2)17(15-10-6-5-7-11-15)20-18(21)19-16-12-8-9-13-16/h5-7,10-11,14,16-17H,3-4,8-9,12-13H2,1-2H3,(H2,19,20,21)/t17-/m1/s1. The average molecular weight is 288 g/mol. The van der Waals surface area contributed by atoms with Gasteiger partial charge in [0.15, 0.2) is 0 Å². The van der Waals surface area contributed by atoms with Gasteiger partial charge < -0.3 is 10.6 Å². The fourth-order valence-electron chi connectivity index (χ4n) is 3.33. The number of carbonyl (C=O) groups is 1. The van der Waals surface area contributed by atoms with Gasteiger partial charge in [0.05, 0.1) is 6.04 Å². The lowest BCUT2D eigenvalue weighted by atomic mass is 9.89. The lowest BCUT2D eigenvalue weighted by Gasteiger charge is -2.27. The van der Waals surface area contributed by atoms with E-state index in [1.54, 1.807) is 0 Å². The van der Waals surface area contributed by atoms with E-state index in [1.165, 1.54) is 18.4 Å². The molecule has 3 heteroatoms. The summed E-state index contributed by atoms with van der Waals surface area (Å²) in [5.74, 6) is 0.474. The van der Waals surface area contributed by atoms with Gasteiger partial charge in [-0.25, -0.2) is 4.79 Å². The number of nitrogens with one attached hydrogen (secondary N) is 2. The van der Waals surface area contributed by atoms with Crippen LogP contribution in [0, 0.1) is 5.92 Å². The highest BCUT2D eigenvalue weighted by molar-refractivity contribution is 5.74. The summed E-state index contributed by atoms with van der Waals surface area (Å²) < 4.78 is 0. The Morgan fingerprint density at radius 1 is 1.14 bits per heavy atom. The molecule has 1 aliphatic carbocycles. The minimum absolute atomic E-state index is 0.0114. The van der Waals surface area contributed by atoms with Crippen LogP contribution in [0.1, 0.15) is 64.0 Å². The molecular weight excluding hydrogens is 260 g/mol. The largest absolute Gasteiger partial charge is 0.335 e. The van der Waals surface area contributed by atoms with Crippen LogP contribution in [-0.2, 0) is 0 Å². The van der Waals surface area contributed by atoms with Gasteiger partial charge in [-0.1, -0.05) is 69.9 Å². The molecule has 2 amide bonds. The van der Waals surface area contributed by atoms with Crippen molar-refractivity contribution in [1.29, 1.82) is 0 Å². The molecule has 2 N–H and O–H groups in total. The van der Waals surface area contributed by atoms with Crippen molar-refractivity contribution >= 4 is 6.03 Å². The number of rotatable bonds is 6. The van der Waals surface area contributed by atoms with Gasteiger partial charge in [-0.2, -0.15) is 0 Å². The highest BCUT2D eigenvalue weighted by atomic mass is 16.2. The molecule has 0 aliphatic heterocycles. The molecule has 0 unspecified atom stereocenters. The first-order valence-corrected chi connectivity index (χ1v) is 8.36. The number of urea groups is 1. The van der Waals surface area contributed by atoms with Gasteiger partial charge in [-0.15, -0.1) is 0 Å². The lowest BCUT2D eigenvalue weighted by molar-refractivity contribution is 0.225. The molecular formula is C18H28N2O. The van der Waals surface area contributed by atoms with Crippen LogP contribution < -0.4 is 10.6 Å². The summed E-state index contributed by atoms with van der Waals surface area (Å²) in [6.45, 7) is 4.39. The predicted molar refractivity (Wildman–Crippen MR) is 87.2 cm³/mol. The van der Waals surface area contributed by atoms with E-state index < -0.39 is 0 Å². The first kappa shape index (κ1) is 15.9. The van der Waals surface area contributed by atoms with Gasteiger partial charge >= 0.3 is 6.03 Å². The van der Waals surface area contributed by atoms with Crippen molar-refractivity contribution in [3.63, 3.8) is 0 Å². The maximum Gasteiger partial charge on any atom is 0.315 e. The highest BCUT2D eigenvalue weighted by Gasteiger charge is 2.24. The molecule has 1 atom stereocenters. The second-order valence-corrected chi connectivity index (χ2v) is 6.06. The first-order valence-electron chi connectivity index (χ1n) is 8.36. The van der Waals surface area contributed by atoms with Crippen molar-refractivity contribution in [3.8, 4) is 0 Å². The smallest absolute Gasteiger partial charge is 0.315 e. The summed E-state index contributed by atoms with van der Waals surface area (Å²) >= 11 is 0. The van der Waals surface area contributed by atoms with E-state index in [4.69, 9.17) is 0 Å². The normalized spacial score (nSPS) is 16.9. The van der Waals surface area contributed by atoms with Gasteiger partial charge in [0, 0.05) is 6.04 Å². The van der Waals surface area contributed by atoms with Crippen LogP contribution in [0.15, 0.2) is 30.3 Å². The Morgan fingerprint density at radius 3 is 2.33 bits per heavy atom. The van der Waals surface area contributed by atoms with Crippen molar-refractivity contribution in [3.05, 3.63) is 35.9 Å². The number of hydrogen-bond donors (Lipinski definition) is 2. The second kappa shape index (κ2) is 8.06. The quantitative estimate of drug-likeness (QED) is 0.800. The molecule has 0 spiro atoms. The maximum absolute atomic E-state index is 12.3. The number of benzene rings is 1. The zero-order valence-electron chi connectivity index (χ0n) is 13.3. The summed E-state index contributed by atoms with van der Waals surface area (Å²) in [6.07, 6.45) is 6.85. The van der Waals surface area contributed by atoms with Crippen LogP contribution in [0.4, 0.5) is 4.79 Å². The van der Waals surface area contributed by atoms with E-state index >= 15 is 0 Å². The Hall–Kier alpha value is -1.51. The van der Waals surface area contributed by atoms with E-state index in [0.29, 0.717) is 12.0 Å². The van der Waals surface area contributed by atoms with Gasteiger partial charge in [-0.3, -0.25) is 0 Å². The summed E-state index contributed by atoms with van der Waals surface area (Å²) in [4.78, 5) is 12.3. The molecule has 1 fully saturated rings. The van der Waals surface area contributed by atoms with E-state index in [0.717, 1.165) is 25.7 Å². The van der Waals surface area contributed by atoms with Gasteiger partial charge in [-0.05, 0) is 24.3 Å². The average Bonchev–Trinajstić information content (AvgIpc) is 3.01. The Kier molecular flexibility index (Phi) is 6.09. The van der Waals surface area contributed by atoms with Crippen molar-refractivity contribution in [2.45, 2.75) is 64.5 Å². The van der Waals surface area contributed by atoms with E-state index in [9.17, 15) is 4.79 Å². The summed E-state index contributed by atoms with van der Waals surface area (Å²) in [6, 6.07) is 10.8. The zero-order chi connectivity index (χ0) is 15.1. The highest BCUT2D eigenvalue weighted by Crippen LogP contribution is 2.27. The number of amides is 2. The summed E-state index contributed by atoms with van der Waals surface area (Å²) in [7, 11) is 0. The van der Waals surface area contributed by atoms with Crippen molar-refractivity contribution < 1.29 is 4.79 Å². The molecule has 1 aromatic rings. The topological polar surface area (TPSA) is 41.1 Å². The molecule has 1 aromatic carbocycles. The second-order valence-electron chi connectivity index (χ2n) is 6.06. The Labute approximate surface area is 128 Å². The van der Waals surface area contributed by atoms with Crippen LogP contribution in [-0.4, -0.2) is 12.1 Å². The summed E-state index contributed by atoms with van der Waals surface area (Å²) in [5.41, 5.74) is 1.20. The van der Waals surface area contributed by atoms with Crippen LogP contribution in [0.3, 0.4) is 0 Å². The Bertz CT molecular complexity index is 422. The molecule has 0 heterocycles. The number of carbonyl (C=O) groups excluding carboxylic acids is 1. The minimum atomic E-state index is -0.0114. The minimum Gasteiger partial charge on any atom is -0.335 e. The molecule has 2 rings (SSSR count). The predicted octanol–water partition coefficient (Wildman–Crippen LogP) is 4.41. The van der Waals surface area contributed by atoms with Crippen LogP contribution >= 0.6 is 0 Å². The lowest BCUT2D eigenvalue weighted by Crippen LogP contribution is -2.44. The Morgan fingerprint density at radius 2 is 1.76 bits per heavy atom. The third kappa shape index (κ3) is 4.48. The van der Waals surface area contributed by atoms with Crippen LogP contribution in [0.2, 0.25) is 0 Å². The SMILES string of the molecule is CCC(CC)[C@@H](NC(=O)NC1CCCC1)c1ccccc1. The van der Waals surface area contributed by atoms with Gasteiger partial charge in [0.2, 0.25) is 0 Å². The van der Waals surface area contributed by atoms with Gasteiger partial charge in [0.1, 0.15) is 0 Å². The van der Waals surface area contributed by atoms with Crippen LogP contribution in [0.5, 0.6) is 0 Å². The van der Waals surface area contributed by atoms with Crippen molar-refractivity contribution in [1.82, 2.24) is 10.6 Å². The third-order valence-electron chi connectivity index (χ3n) is 4.66. The Balaban J connectivity index is 2.03. The fraction of sp³-hybridized carbons (Fsp3) is 0.611. The molecule has 0 saturated heterocycles. The maximum atomic E-state index is 12.3. The molecule has 1 aliphatic rings. The monoisotopic (exact) mass is 288 g/mol. The van der Waals surface area contributed by atoms with E-state index in [1.807, 2.05) is 18.2 Å². The molecule has 0 aromatic heterocycles. The van der Waals surface area contributed by atoms with E-state index in [-0.39, 0.29) is 12.1 Å². The summed E-state index contributed by atoms with van der Waals surface area (Å²) in [5, 5.41) is 6.34. The molecule has 0 bridgehead atoms. The zero-order valence-corrected chi connectivity index (χ0v) is 13.3. The van der Waals surface area contributed by atoms with Gasteiger partial charge in [0.25, 0.3) is 0 Å².